The molecule has 0 unspecified atom stereocenters. The zero-order valence-electron chi connectivity index (χ0n) is 18.2. The molecule has 13 heteroatoms. The maximum Gasteiger partial charge on any atom is 0.449 e. The van der Waals surface area contributed by atoms with E-state index in [0.717, 1.165) is 10.8 Å². The molecule has 1 aliphatic rings. The normalized spacial score (nSPS) is 15.4. The molecule has 0 fully saturated rings. The number of aromatic nitrogens is 4. The van der Waals surface area contributed by atoms with Crippen LogP contribution in [0.5, 0.6) is 5.75 Å². The highest BCUT2D eigenvalue weighted by Gasteiger charge is 2.36. The van der Waals surface area contributed by atoms with Crippen LogP contribution in [0, 0.1) is 5.82 Å². The van der Waals surface area contributed by atoms with Gasteiger partial charge < -0.3 is 25.3 Å². The van der Waals surface area contributed by atoms with Crippen LogP contribution >= 0.6 is 0 Å². The molecule has 0 aliphatic carbocycles. The number of fused-ring (bicyclic) bond motifs is 2. The minimum absolute atomic E-state index is 0.00338. The molecule has 1 amide bonds. The molecule has 35 heavy (non-hydrogen) atoms. The lowest BCUT2D eigenvalue weighted by Crippen LogP contribution is -2.34. The lowest BCUT2D eigenvalue weighted by Gasteiger charge is -2.23. The Kier molecular flexibility index (Phi) is 5.19. The molecule has 2 aromatic heterocycles. The Morgan fingerprint density at radius 1 is 1.09 bits per heavy atom. The van der Waals surface area contributed by atoms with Gasteiger partial charge in [0.05, 0.1) is 22.9 Å². The Balaban J connectivity index is 1.39. The van der Waals surface area contributed by atoms with Crippen molar-refractivity contribution in [2.45, 2.75) is 19.2 Å². The van der Waals surface area contributed by atoms with Gasteiger partial charge in [-0.3, -0.25) is 4.79 Å². The summed E-state index contributed by atoms with van der Waals surface area (Å²) in [6, 6.07) is 9.26. The van der Waals surface area contributed by atoms with E-state index in [1.54, 1.807) is 25.1 Å². The average Bonchev–Trinajstić information content (AvgIpc) is 3.13. The van der Waals surface area contributed by atoms with Crippen LogP contribution in [-0.4, -0.2) is 31.5 Å². The molecule has 5 rings (SSSR count). The first-order chi connectivity index (χ1) is 16.6. The molecule has 4 aromatic rings. The minimum atomic E-state index is -4.59. The summed E-state index contributed by atoms with van der Waals surface area (Å²) < 4.78 is 60.3. The van der Waals surface area contributed by atoms with Crippen molar-refractivity contribution < 1.29 is 27.1 Å². The van der Waals surface area contributed by atoms with Gasteiger partial charge in [0.15, 0.2) is 17.7 Å². The summed E-state index contributed by atoms with van der Waals surface area (Å²) in [5.74, 6) is -1.73. The van der Waals surface area contributed by atoms with E-state index in [-0.39, 0.29) is 23.2 Å². The summed E-state index contributed by atoms with van der Waals surface area (Å²) in [5, 5.41) is 8.36. The molecule has 0 saturated heterocycles. The van der Waals surface area contributed by atoms with E-state index >= 15 is 0 Å². The number of ether oxygens (including phenoxy) is 1. The summed E-state index contributed by atoms with van der Waals surface area (Å²) >= 11 is 0. The van der Waals surface area contributed by atoms with Crippen LogP contribution in [0.1, 0.15) is 12.7 Å². The van der Waals surface area contributed by atoms with E-state index in [0.29, 0.717) is 28.3 Å². The molecule has 0 bridgehead atoms. The summed E-state index contributed by atoms with van der Waals surface area (Å²) in [7, 11) is 1.28. The van der Waals surface area contributed by atoms with E-state index in [4.69, 9.17) is 4.74 Å². The second-order valence-corrected chi connectivity index (χ2v) is 7.80. The lowest BCUT2D eigenvalue weighted by molar-refractivity contribution is -0.146. The third kappa shape index (κ3) is 4.27. The maximum atomic E-state index is 14.4. The number of imidazole rings is 1. The van der Waals surface area contributed by atoms with Crippen LogP contribution in [-0.2, 0) is 18.0 Å². The molecule has 9 nitrogen and oxygen atoms in total. The molecule has 2 aromatic carbocycles. The summed E-state index contributed by atoms with van der Waals surface area (Å²) in [4.78, 5) is 23.5. The van der Waals surface area contributed by atoms with Crippen LogP contribution < -0.4 is 20.7 Å². The Morgan fingerprint density at radius 2 is 1.83 bits per heavy atom. The fourth-order valence-electron chi connectivity index (χ4n) is 3.60. The second kappa shape index (κ2) is 8.11. The number of anilines is 5. The maximum absolute atomic E-state index is 14.4. The van der Waals surface area contributed by atoms with Gasteiger partial charge in [-0.25, -0.2) is 14.4 Å². The van der Waals surface area contributed by atoms with Gasteiger partial charge in [0.1, 0.15) is 5.75 Å². The number of halogens is 4. The number of carbonyl (C=O) groups is 1. The predicted octanol–water partition coefficient (Wildman–Crippen LogP) is 4.73. The standard InChI is InChI=1S/C22H17F4N7O2/c1-10-19(34)30-15-8-11(4-6-17(15)35-10)28-18-13(23)9-27-21(32-18)29-12-3-5-16-14(7-12)31-20(33(16)2)22(24,25)26/h3-10H,1-2H3,(H,30,34)(H2,27,28,29,32)/t10-/m0/s1. The van der Waals surface area contributed by atoms with E-state index in [9.17, 15) is 22.4 Å². The summed E-state index contributed by atoms with van der Waals surface area (Å²) in [6.45, 7) is 1.62. The fraction of sp³-hybridized carbons (Fsp3) is 0.182. The molecule has 0 spiro atoms. The van der Waals surface area contributed by atoms with E-state index < -0.39 is 23.9 Å². The quantitative estimate of drug-likeness (QED) is 0.358. The highest BCUT2D eigenvalue weighted by atomic mass is 19.4. The number of alkyl halides is 3. The molecule has 3 heterocycles. The van der Waals surface area contributed by atoms with Gasteiger partial charge >= 0.3 is 6.18 Å². The highest BCUT2D eigenvalue weighted by molar-refractivity contribution is 5.98. The van der Waals surface area contributed by atoms with Crippen molar-refractivity contribution in [1.29, 1.82) is 0 Å². The second-order valence-electron chi connectivity index (χ2n) is 7.80. The van der Waals surface area contributed by atoms with Gasteiger partial charge in [0.2, 0.25) is 11.8 Å². The van der Waals surface area contributed by atoms with Crippen LogP contribution in [0.25, 0.3) is 11.0 Å². The Bertz CT molecular complexity index is 1470. The van der Waals surface area contributed by atoms with Crippen LogP contribution in [0.2, 0.25) is 0 Å². The molecule has 1 aliphatic heterocycles. The average molecular weight is 487 g/mol. The number of benzene rings is 2. The van der Waals surface area contributed by atoms with Crippen molar-refractivity contribution in [3.05, 3.63) is 54.2 Å². The first-order valence-corrected chi connectivity index (χ1v) is 10.3. The number of amides is 1. The van der Waals surface area contributed by atoms with Crippen LogP contribution in [0.3, 0.4) is 0 Å². The molecule has 0 radical (unpaired) electrons. The van der Waals surface area contributed by atoms with Gasteiger partial charge in [-0.1, -0.05) is 0 Å². The Hall–Kier alpha value is -4.42. The number of nitrogens with one attached hydrogen (secondary N) is 3. The van der Waals surface area contributed by atoms with Crippen molar-refractivity contribution in [3.8, 4) is 5.75 Å². The number of aryl methyl sites for hydroxylation is 1. The number of carbonyl (C=O) groups excluding carboxylic acids is 1. The van der Waals surface area contributed by atoms with E-state index in [2.05, 4.69) is 30.9 Å². The topological polar surface area (TPSA) is 106 Å². The van der Waals surface area contributed by atoms with Gasteiger partial charge in [0.25, 0.3) is 5.91 Å². The Labute approximate surface area is 195 Å². The number of rotatable bonds is 4. The number of hydrogen-bond donors (Lipinski definition) is 3. The largest absolute Gasteiger partial charge is 0.479 e. The van der Waals surface area contributed by atoms with Crippen molar-refractivity contribution in [3.63, 3.8) is 0 Å². The molecule has 3 N–H and O–H groups in total. The smallest absolute Gasteiger partial charge is 0.449 e. The summed E-state index contributed by atoms with van der Waals surface area (Å²) in [6.07, 6.45) is -4.27. The Morgan fingerprint density at radius 3 is 2.60 bits per heavy atom. The first-order valence-electron chi connectivity index (χ1n) is 10.3. The van der Waals surface area contributed by atoms with Gasteiger partial charge in [-0.05, 0) is 43.3 Å². The minimum Gasteiger partial charge on any atom is -0.479 e. The van der Waals surface area contributed by atoms with Crippen molar-refractivity contribution in [2.24, 2.45) is 7.05 Å². The SMILES string of the molecule is C[C@@H]1Oc2ccc(Nc3nc(Nc4ccc5c(c4)nc(C(F)(F)F)n5C)ncc3F)cc2NC1=O. The van der Waals surface area contributed by atoms with Crippen molar-refractivity contribution in [2.75, 3.05) is 16.0 Å². The van der Waals surface area contributed by atoms with Crippen LogP contribution in [0.4, 0.5) is 46.4 Å². The highest BCUT2D eigenvalue weighted by Crippen LogP contribution is 2.34. The molecule has 0 saturated carbocycles. The summed E-state index contributed by atoms with van der Waals surface area (Å²) in [5.41, 5.74) is 1.64. The molecular weight excluding hydrogens is 470 g/mol. The van der Waals surface area contributed by atoms with E-state index in [1.165, 1.54) is 25.2 Å². The van der Waals surface area contributed by atoms with E-state index in [1.807, 2.05) is 0 Å². The third-order valence-corrected chi connectivity index (χ3v) is 5.31. The van der Waals surface area contributed by atoms with Crippen LogP contribution in [0.15, 0.2) is 42.6 Å². The predicted molar refractivity (Wildman–Crippen MR) is 119 cm³/mol. The zero-order chi connectivity index (χ0) is 24.9. The first kappa shape index (κ1) is 22.4. The monoisotopic (exact) mass is 487 g/mol. The van der Waals surface area contributed by atoms with Gasteiger partial charge in [0, 0.05) is 18.4 Å². The number of nitrogens with zero attached hydrogens (tertiary/aromatic N) is 4. The fourth-order valence-corrected chi connectivity index (χ4v) is 3.60. The number of hydrogen-bond acceptors (Lipinski definition) is 7. The van der Waals surface area contributed by atoms with Crippen molar-refractivity contribution >= 4 is 45.8 Å². The zero-order valence-corrected chi connectivity index (χ0v) is 18.2. The van der Waals surface area contributed by atoms with Gasteiger partial charge in [-0.2, -0.15) is 18.2 Å². The molecule has 180 valence electrons. The van der Waals surface area contributed by atoms with Crippen molar-refractivity contribution in [1.82, 2.24) is 19.5 Å². The lowest BCUT2D eigenvalue weighted by atomic mass is 10.2. The molecular formula is C22H17F4N7O2. The molecule has 1 atom stereocenters. The third-order valence-electron chi connectivity index (χ3n) is 5.31. The van der Waals surface area contributed by atoms with Gasteiger partial charge in [-0.15, -0.1) is 0 Å².